The molecule has 0 fully saturated rings. The molecule has 2 aromatic carbocycles. The van der Waals surface area contributed by atoms with Crippen molar-refractivity contribution in [2.24, 2.45) is 47.3 Å². The van der Waals surface area contributed by atoms with Gasteiger partial charge in [0, 0.05) is 107 Å². The van der Waals surface area contributed by atoms with E-state index in [2.05, 4.69) is 21.3 Å². The minimum atomic E-state index is -1.34. The van der Waals surface area contributed by atoms with Gasteiger partial charge in [0.25, 0.3) is 11.8 Å². The quantitative estimate of drug-likeness (QED) is 0.0444. The number of esters is 2. The second-order valence-electron chi connectivity index (χ2n) is 27.7. The summed E-state index contributed by atoms with van der Waals surface area (Å²) in [7, 11) is 0. The molecule has 4 aliphatic rings. The van der Waals surface area contributed by atoms with Gasteiger partial charge in [-0.2, -0.15) is 0 Å². The summed E-state index contributed by atoms with van der Waals surface area (Å²) in [5.74, 6) is -9.00. The predicted molar refractivity (Wildman–Crippen MR) is 381 cm³/mol. The summed E-state index contributed by atoms with van der Waals surface area (Å²) in [6, 6.07) is 11.1. The number of carboxylic acid groups (broad SMARTS) is 2. The summed E-state index contributed by atoms with van der Waals surface area (Å²) >= 11 is 0. The minimum absolute atomic E-state index is 0.00292. The summed E-state index contributed by atoms with van der Waals surface area (Å²) in [4.78, 5) is 152. The lowest BCUT2D eigenvalue weighted by Crippen LogP contribution is -2.33. The van der Waals surface area contributed by atoms with Crippen molar-refractivity contribution in [3.8, 4) is 0 Å². The maximum atomic E-state index is 13.9. The van der Waals surface area contributed by atoms with Gasteiger partial charge < -0.3 is 60.8 Å². The van der Waals surface area contributed by atoms with E-state index in [0.29, 0.717) is 53.8 Å². The van der Waals surface area contributed by atoms with Gasteiger partial charge in [0.2, 0.25) is 23.4 Å². The molecule has 0 aromatic heterocycles. The number of aliphatic hydroxyl groups excluding tert-OH is 2. The van der Waals surface area contributed by atoms with E-state index in [1.807, 2.05) is 87.5 Å². The molecule has 22 heteroatoms. The summed E-state index contributed by atoms with van der Waals surface area (Å²) < 4.78 is 11.3. The topological polar surface area (TPSA) is 358 Å². The Kier molecular flexibility index (Phi) is 31.6. The minimum Gasteiger partial charge on any atom is -0.545 e. The molecule has 0 spiro atoms. The molecule has 0 saturated heterocycles. The second-order valence-corrected chi connectivity index (χ2v) is 27.7. The third kappa shape index (κ3) is 24.8. The number of aromatic carboxylic acids is 2. The molecule has 0 unspecified atom stereocenters. The number of carbonyl (C=O) groups excluding carboxylic acids is 12. The number of hydrogen-bond donors (Lipinski definition) is 6. The van der Waals surface area contributed by atoms with Crippen LogP contribution < -0.4 is 31.5 Å². The van der Waals surface area contributed by atoms with Gasteiger partial charge in [-0.3, -0.25) is 47.9 Å². The van der Waals surface area contributed by atoms with Crippen molar-refractivity contribution < 1.29 is 87.4 Å². The van der Waals surface area contributed by atoms with Crippen LogP contribution in [-0.2, 0) is 57.4 Å². The number of ether oxygens (including phenoxy) is 2. The molecule has 4 amide bonds. The molecular formula is C80H98N4O18-2. The normalized spacial score (nSPS) is 28.0. The number of anilines is 2. The average molecular weight is 1400 g/mol. The van der Waals surface area contributed by atoms with Crippen molar-refractivity contribution in [1.29, 1.82) is 0 Å². The molecule has 0 saturated carbocycles. The molecule has 6 N–H and O–H groups in total. The summed E-state index contributed by atoms with van der Waals surface area (Å²) in [5, 5.41) is 55.2. The van der Waals surface area contributed by atoms with Crippen molar-refractivity contribution in [3.05, 3.63) is 176 Å². The largest absolute Gasteiger partial charge is 0.545 e. The van der Waals surface area contributed by atoms with Gasteiger partial charge in [0.15, 0.2) is 11.6 Å². The molecule has 4 bridgehead atoms. The van der Waals surface area contributed by atoms with Gasteiger partial charge in [0.05, 0.1) is 35.5 Å². The second kappa shape index (κ2) is 38.9. The Balaban J connectivity index is 0.000000367. The first kappa shape index (κ1) is 82.9. The SMILES string of the molecule is CC(=O)O[C@H]1/C(C)=C/[C@H](C)[C@@H](O)[C@@H](C)C[C@H](C)CC2=C(CCC(=O)Nc3ccc(C(=O)[O-])cc3)C(=O)C=C(NC(=O)/C(C)=C/C=C\[C@@H]1C)C2=O.CC(=O)O[C@H]1/C(C)=C/[C@H](C)[C@@H](O)[C@@H](C)C[C@H](C)CC2=C(CCCCC(=O)Nc3ccc(C(=O)[O-])cc3)C(=O)C=C(NC(=O)/C(C)=C/C=C\[C@@H]1C)C2=O. The highest BCUT2D eigenvalue weighted by Gasteiger charge is 2.35. The molecule has 22 nitrogen and oxygen atoms in total. The Morgan fingerprint density at radius 2 is 0.873 bits per heavy atom. The van der Waals surface area contributed by atoms with Crippen LogP contribution in [0.4, 0.5) is 11.4 Å². The van der Waals surface area contributed by atoms with Crippen LogP contribution in [0.3, 0.4) is 0 Å². The van der Waals surface area contributed by atoms with E-state index in [0.717, 1.165) is 23.3 Å². The van der Waals surface area contributed by atoms with E-state index in [9.17, 15) is 78.0 Å². The number of nitrogens with one attached hydrogen (secondary N) is 4. The fourth-order valence-electron chi connectivity index (χ4n) is 13.1. The summed E-state index contributed by atoms with van der Waals surface area (Å²) in [6.45, 7) is 24.8. The zero-order chi connectivity index (χ0) is 76.0. The predicted octanol–water partition coefficient (Wildman–Crippen LogP) is 9.37. The number of aliphatic hydroxyl groups is 2. The van der Waals surface area contributed by atoms with Gasteiger partial charge in [-0.15, -0.1) is 0 Å². The van der Waals surface area contributed by atoms with Gasteiger partial charge >= 0.3 is 11.9 Å². The Bertz CT molecular complexity index is 3850. The first-order valence-electron chi connectivity index (χ1n) is 34.6. The van der Waals surface area contributed by atoms with Gasteiger partial charge in [0.1, 0.15) is 12.2 Å². The number of unbranched alkanes of at least 4 members (excludes halogenated alkanes) is 1. The molecule has 2 aromatic rings. The third-order valence-electron chi connectivity index (χ3n) is 18.5. The Labute approximate surface area is 597 Å². The molecular weight excluding hydrogens is 1300 g/mol. The van der Waals surface area contributed by atoms with Crippen molar-refractivity contribution in [2.45, 2.75) is 186 Å². The molecule has 12 atom stereocenters. The van der Waals surface area contributed by atoms with Crippen LogP contribution in [0.5, 0.6) is 0 Å². The standard InChI is InChI=1S/C41H52N2O9.C39H48N2O9/c1-23-19-26(4)37(47)27(5)21-28(6)39(52-29(7)44)24(2)11-10-12-25(3)40(49)43-34-22-35(45)32(33(20-23)38(34)48)13-8-9-14-36(46)42-31-17-15-30(16-18-31)41(50)51;1-21-17-24(4)35(45)25(5)19-26(6)37(50-27(7)42)22(2)9-8-10-23(3)38(47)41-32-20-33(43)30(31(18-21)36(32)46)15-16-34(44)40-29-13-11-28(12-14-29)39(48)49/h10-12,15-18,21-24,26-27,37,39,47H,8-9,13-14,19-20H2,1-7H3,(H,42,46)(H,43,49)(H,50,51);8-14,19-22,24-25,35,37,45H,15-18H2,1-7H3,(H,40,44)(H,41,47)(H,48,49)/p-2/b11-10-,25-12+,28-21+;9-8-,23-10+,26-19+/t23-,24-,26-,27-,37-,39+;21-,22-,24-,25-,35-,37+/m00/s1. The van der Waals surface area contributed by atoms with E-state index in [1.165, 1.54) is 62.4 Å². The van der Waals surface area contributed by atoms with Crippen LogP contribution in [0.25, 0.3) is 0 Å². The van der Waals surface area contributed by atoms with Gasteiger partial charge in [-0.05, 0) is 149 Å². The van der Waals surface area contributed by atoms with E-state index in [1.54, 1.807) is 44.2 Å². The molecule has 2 aliphatic carbocycles. The van der Waals surface area contributed by atoms with E-state index < -0.39 is 83.4 Å². The monoisotopic (exact) mass is 1400 g/mol. The highest BCUT2D eigenvalue weighted by molar-refractivity contribution is 6.25. The maximum absolute atomic E-state index is 13.9. The Morgan fingerprint density at radius 3 is 1.24 bits per heavy atom. The molecule has 0 radical (unpaired) electrons. The number of fused-ring (bicyclic) bond motifs is 4. The Hall–Kier alpha value is -9.80. The average Bonchev–Trinajstić information content (AvgIpc) is 0.829. The van der Waals surface area contributed by atoms with E-state index in [-0.39, 0.29) is 137 Å². The van der Waals surface area contributed by atoms with Crippen molar-refractivity contribution >= 4 is 82.0 Å². The molecule has 2 aliphatic heterocycles. The van der Waals surface area contributed by atoms with Crippen molar-refractivity contribution in [1.82, 2.24) is 10.6 Å². The summed E-state index contributed by atoms with van der Waals surface area (Å²) in [6.07, 6.45) is 16.0. The smallest absolute Gasteiger partial charge is 0.303 e. The zero-order valence-electron chi connectivity index (χ0n) is 60.8. The van der Waals surface area contributed by atoms with E-state index in [4.69, 9.17) is 9.47 Å². The Morgan fingerprint density at radius 1 is 0.510 bits per heavy atom. The van der Waals surface area contributed by atoms with Crippen LogP contribution in [0, 0.1) is 47.3 Å². The van der Waals surface area contributed by atoms with Crippen molar-refractivity contribution in [3.63, 3.8) is 0 Å². The highest BCUT2D eigenvalue weighted by Crippen LogP contribution is 2.35. The highest BCUT2D eigenvalue weighted by atomic mass is 16.5. The number of carbonyl (C=O) groups is 12. The first-order valence-corrected chi connectivity index (χ1v) is 34.6. The molecule has 548 valence electrons. The van der Waals surface area contributed by atoms with Crippen LogP contribution in [0.15, 0.2) is 165 Å². The first-order chi connectivity index (χ1) is 48.0. The number of ketones is 4. The fourth-order valence-corrected chi connectivity index (χ4v) is 13.1. The number of Topliss-reactive ketones (excluding diaryl/α,β-unsaturated/α-hetero) is 2. The van der Waals surface area contributed by atoms with E-state index >= 15 is 0 Å². The third-order valence-corrected chi connectivity index (χ3v) is 18.5. The lowest BCUT2D eigenvalue weighted by Gasteiger charge is -2.28. The fraction of sp³-hybridized carbons (Fsp3) is 0.450. The van der Waals surface area contributed by atoms with Crippen LogP contribution in [-0.4, -0.2) is 105 Å². The number of allylic oxidation sites excluding steroid dienone is 10. The maximum Gasteiger partial charge on any atom is 0.303 e. The number of hydrogen-bond acceptors (Lipinski definition) is 18. The lowest BCUT2D eigenvalue weighted by molar-refractivity contribution is -0.256. The molecule has 6 rings (SSSR count). The van der Waals surface area contributed by atoms with Gasteiger partial charge in [-0.1, -0.05) is 128 Å². The zero-order valence-corrected chi connectivity index (χ0v) is 60.8. The van der Waals surface area contributed by atoms with Crippen LogP contribution in [0.2, 0.25) is 0 Å². The number of benzene rings is 2. The number of rotatable bonds is 14. The molecule has 102 heavy (non-hydrogen) atoms. The van der Waals surface area contributed by atoms with Gasteiger partial charge in [-0.25, -0.2) is 0 Å². The summed E-state index contributed by atoms with van der Waals surface area (Å²) in [5.41, 5.74) is 3.65. The number of carboxylic acids is 2. The van der Waals surface area contributed by atoms with Crippen LogP contribution >= 0.6 is 0 Å². The van der Waals surface area contributed by atoms with Crippen molar-refractivity contribution in [2.75, 3.05) is 10.6 Å². The number of amides is 4. The lowest BCUT2D eigenvalue weighted by atomic mass is 9.80. The van der Waals surface area contributed by atoms with Crippen LogP contribution in [0.1, 0.15) is 182 Å². The molecule has 2 heterocycles.